The van der Waals surface area contributed by atoms with Gasteiger partial charge in [-0.15, -0.1) is 0 Å². The van der Waals surface area contributed by atoms with E-state index in [1.807, 2.05) is 25.8 Å². The monoisotopic (exact) mass is 195 g/mol. The fourth-order valence-electron chi connectivity index (χ4n) is 1.21. The molecule has 0 fully saturated rings. The zero-order valence-electron chi connectivity index (χ0n) is 8.89. The van der Waals surface area contributed by atoms with Crippen LogP contribution >= 0.6 is 0 Å². The van der Waals surface area contributed by atoms with Crippen molar-refractivity contribution < 1.29 is 0 Å². The Morgan fingerprint density at radius 3 is 2.64 bits per heavy atom. The van der Waals surface area contributed by atoms with Crippen molar-refractivity contribution in [3.63, 3.8) is 0 Å². The average Bonchev–Trinajstić information content (AvgIpc) is 2.59. The third kappa shape index (κ3) is 1.99. The van der Waals surface area contributed by atoms with Crippen molar-refractivity contribution in [2.45, 2.75) is 6.54 Å². The van der Waals surface area contributed by atoms with E-state index in [2.05, 4.69) is 27.6 Å². The first kappa shape index (κ1) is 10.4. The number of hydrogen-bond acceptors (Lipinski definition) is 4. The highest BCUT2D eigenvalue weighted by Gasteiger charge is 2.07. The maximum atomic E-state index is 4.24. The van der Waals surface area contributed by atoms with E-state index in [1.54, 1.807) is 6.20 Å². The van der Waals surface area contributed by atoms with Crippen LogP contribution in [-0.2, 0) is 6.54 Å². The lowest BCUT2D eigenvalue weighted by Gasteiger charge is -2.09. The van der Waals surface area contributed by atoms with Gasteiger partial charge in [-0.25, -0.2) is 4.68 Å². The van der Waals surface area contributed by atoms with E-state index in [1.165, 1.54) is 0 Å². The van der Waals surface area contributed by atoms with Crippen molar-refractivity contribution in [2.24, 2.45) is 0 Å². The van der Waals surface area contributed by atoms with E-state index in [9.17, 15) is 0 Å². The Bertz CT molecular complexity index is 315. The van der Waals surface area contributed by atoms with Gasteiger partial charge in [0.2, 0.25) is 0 Å². The molecule has 1 heterocycles. The second-order valence-corrected chi connectivity index (χ2v) is 2.92. The number of nitrogens with zero attached hydrogens (tertiary/aromatic N) is 2. The topological polar surface area (TPSA) is 53.9 Å². The molecule has 0 aliphatic heterocycles. The molecule has 0 saturated heterocycles. The molecule has 78 valence electrons. The van der Waals surface area contributed by atoms with Crippen molar-refractivity contribution >= 4 is 11.5 Å². The molecule has 0 saturated carbocycles. The minimum Gasteiger partial charge on any atom is -0.390 e. The third-order valence-electron chi connectivity index (χ3n) is 2.04. The van der Waals surface area contributed by atoms with Gasteiger partial charge in [-0.2, -0.15) is 5.10 Å². The van der Waals surface area contributed by atoms with Crippen LogP contribution < -0.4 is 16.0 Å². The summed E-state index contributed by atoms with van der Waals surface area (Å²) in [6, 6.07) is 0. The number of anilines is 2. The second-order valence-electron chi connectivity index (χ2n) is 2.92. The van der Waals surface area contributed by atoms with Crippen LogP contribution in [0.5, 0.6) is 0 Å². The van der Waals surface area contributed by atoms with Crippen molar-refractivity contribution in [1.29, 1.82) is 0 Å². The third-order valence-corrected chi connectivity index (χ3v) is 2.04. The normalized spacial score (nSPS) is 9.64. The SMILES string of the molecule is C=C(Cn1ncc(NC)c1NC)NC. The summed E-state index contributed by atoms with van der Waals surface area (Å²) < 4.78 is 1.85. The summed E-state index contributed by atoms with van der Waals surface area (Å²) in [6.07, 6.45) is 1.79. The highest BCUT2D eigenvalue weighted by Crippen LogP contribution is 2.19. The number of hydrogen-bond donors (Lipinski definition) is 3. The van der Waals surface area contributed by atoms with E-state index in [4.69, 9.17) is 0 Å². The Labute approximate surface area is 84.2 Å². The Balaban J connectivity index is 2.86. The first-order valence-corrected chi connectivity index (χ1v) is 4.49. The number of nitrogens with one attached hydrogen (secondary N) is 3. The Morgan fingerprint density at radius 1 is 1.43 bits per heavy atom. The van der Waals surface area contributed by atoms with Crippen LogP contribution in [0.25, 0.3) is 0 Å². The van der Waals surface area contributed by atoms with Crippen LogP contribution in [0, 0.1) is 0 Å². The van der Waals surface area contributed by atoms with Crippen LogP contribution in [0.4, 0.5) is 11.5 Å². The van der Waals surface area contributed by atoms with Crippen molar-refractivity contribution in [1.82, 2.24) is 15.1 Å². The lowest BCUT2D eigenvalue weighted by Crippen LogP contribution is -2.14. The van der Waals surface area contributed by atoms with Crippen molar-refractivity contribution in [3.05, 3.63) is 18.5 Å². The van der Waals surface area contributed by atoms with Gasteiger partial charge < -0.3 is 16.0 Å². The molecule has 1 aromatic heterocycles. The molecule has 5 heteroatoms. The van der Waals surface area contributed by atoms with Crippen LogP contribution in [0.3, 0.4) is 0 Å². The Morgan fingerprint density at radius 2 is 2.14 bits per heavy atom. The summed E-state index contributed by atoms with van der Waals surface area (Å²) in [5.74, 6) is 0.962. The summed E-state index contributed by atoms with van der Waals surface area (Å²) in [7, 11) is 5.59. The standard InChI is InChI=1S/C9H17N5/c1-7(10-2)6-14-9(12-4)8(11-3)5-13-14/h5,10-12H,1,6H2,2-4H3. The van der Waals surface area contributed by atoms with Crippen LogP contribution in [0.15, 0.2) is 18.5 Å². The lowest BCUT2D eigenvalue weighted by molar-refractivity contribution is 0.657. The maximum Gasteiger partial charge on any atom is 0.148 e. The van der Waals surface area contributed by atoms with Gasteiger partial charge >= 0.3 is 0 Å². The summed E-state index contributed by atoms with van der Waals surface area (Å²) in [4.78, 5) is 0. The van der Waals surface area contributed by atoms with Crippen LogP contribution in [0.1, 0.15) is 0 Å². The predicted octanol–water partition coefficient (Wildman–Crippen LogP) is 0.700. The van der Waals surface area contributed by atoms with Gasteiger partial charge in [0.15, 0.2) is 0 Å². The average molecular weight is 195 g/mol. The first-order chi connectivity index (χ1) is 6.72. The van der Waals surface area contributed by atoms with Gasteiger partial charge in [-0.3, -0.25) is 0 Å². The smallest absolute Gasteiger partial charge is 0.148 e. The van der Waals surface area contributed by atoms with E-state index < -0.39 is 0 Å². The van der Waals surface area contributed by atoms with E-state index >= 15 is 0 Å². The molecule has 3 N–H and O–H groups in total. The summed E-state index contributed by atoms with van der Waals surface area (Å²) >= 11 is 0. The summed E-state index contributed by atoms with van der Waals surface area (Å²) in [5.41, 5.74) is 1.91. The molecule has 0 atom stereocenters. The molecule has 0 bridgehead atoms. The molecule has 0 aliphatic rings. The van der Waals surface area contributed by atoms with Gasteiger partial charge in [0.05, 0.1) is 18.4 Å². The molecule has 0 aromatic carbocycles. The Kier molecular flexibility index (Phi) is 3.39. The largest absolute Gasteiger partial charge is 0.390 e. The number of likely N-dealkylation sites (N-methyl/N-ethyl adjacent to an activating group) is 1. The van der Waals surface area contributed by atoms with Crippen molar-refractivity contribution in [3.8, 4) is 0 Å². The molecule has 0 amide bonds. The molecule has 14 heavy (non-hydrogen) atoms. The second kappa shape index (κ2) is 4.55. The number of allylic oxidation sites excluding steroid dienone is 1. The van der Waals surface area contributed by atoms with Gasteiger partial charge in [0.25, 0.3) is 0 Å². The molecule has 5 nitrogen and oxygen atoms in total. The van der Waals surface area contributed by atoms with E-state index in [0.717, 1.165) is 17.2 Å². The summed E-state index contributed by atoms with van der Waals surface area (Å²) in [5, 5.41) is 13.4. The zero-order valence-corrected chi connectivity index (χ0v) is 8.89. The minimum absolute atomic E-state index is 0.661. The van der Waals surface area contributed by atoms with Gasteiger partial charge in [-0.05, 0) is 0 Å². The number of rotatable bonds is 5. The molecular weight excluding hydrogens is 178 g/mol. The molecule has 1 aromatic rings. The van der Waals surface area contributed by atoms with Crippen LogP contribution in [-0.4, -0.2) is 30.9 Å². The minimum atomic E-state index is 0.661. The van der Waals surface area contributed by atoms with Crippen molar-refractivity contribution in [2.75, 3.05) is 31.8 Å². The molecule has 0 spiro atoms. The van der Waals surface area contributed by atoms with Crippen LogP contribution in [0.2, 0.25) is 0 Å². The predicted molar refractivity (Wildman–Crippen MR) is 59.5 cm³/mol. The lowest BCUT2D eigenvalue weighted by atomic mass is 10.4. The van der Waals surface area contributed by atoms with E-state index in [0.29, 0.717) is 6.54 Å². The fraction of sp³-hybridized carbons (Fsp3) is 0.444. The highest BCUT2D eigenvalue weighted by atomic mass is 15.3. The highest BCUT2D eigenvalue weighted by molar-refractivity contribution is 5.63. The van der Waals surface area contributed by atoms with Gasteiger partial charge in [0, 0.05) is 26.8 Å². The maximum absolute atomic E-state index is 4.24. The van der Waals surface area contributed by atoms with E-state index in [-0.39, 0.29) is 0 Å². The number of aromatic nitrogens is 2. The molecule has 0 aliphatic carbocycles. The summed E-state index contributed by atoms with van der Waals surface area (Å²) in [6.45, 7) is 4.52. The molecule has 1 rings (SSSR count). The molecule has 0 unspecified atom stereocenters. The molecule has 0 radical (unpaired) electrons. The fourth-order valence-corrected chi connectivity index (χ4v) is 1.21. The zero-order chi connectivity index (χ0) is 10.6. The quantitative estimate of drug-likeness (QED) is 0.647. The first-order valence-electron chi connectivity index (χ1n) is 4.49. The van der Waals surface area contributed by atoms with Gasteiger partial charge in [0.1, 0.15) is 5.82 Å². The molecular formula is C9H17N5. The van der Waals surface area contributed by atoms with Gasteiger partial charge in [-0.1, -0.05) is 6.58 Å². The Hall–Kier alpha value is -1.65.